The minimum absolute atomic E-state index is 0. The average Bonchev–Trinajstić information content (AvgIpc) is 2.96. The van der Waals surface area contributed by atoms with Crippen LogP contribution in [0.5, 0.6) is 11.5 Å². The molecule has 1 aromatic carbocycles. The number of benzene rings is 1. The summed E-state index contributed by atoms with van der Waals surface area (Å²) in [4.78, 5) is 2.72. The van der Waals surface area contributed by atoms with Crippen LogP contribution < -0.4 is 9.47 Å². The van der Waals surface area contributed by atoms with Gasteiger partial charge in [0.05, 0.1) is 0 Å². The molecule has 21 heavy (non-hydrogen) atoms. The second-order valence-electron chi connectivity index (χ2n) is 6.26. The van der Waals surface area contributed by atoms with Gasteiger partial charge in [-0.15, -0.1) is 12.4 Å². The van der Waals surface area contributed by atoms with E-state index in [2.05, 4.69) is 24.0 Å². The Morgan fingerprint density at radius 3 is 3.00 bits per heavy atom. The molecular formula is C17H24ClNO2. The fraction of sp³-hybridized carbons (Fsp3) is 0.647. The van der Waals surface area contributed by atoms with Crippen LogP contribution in [0.3, 0.4) is 0 Å². The normalized spacial score (nSPS) is 26.7. The van der Waals surface area contributed by atoms with Crippen LogP contribution in [0, 0.1) is 0 Å². The number of fused-ring (bicyclic) bond motifs is 5. The molecule has 4 rings (SSSR count). The van der Waals surface area contributed by atoms with Crippen molar-refractivity contribution in [3.8, 4) is 11.5 Å². The molecule has 2 heterocycles. The van der Waals surface area contributed by atoms with Gasteiger partial charge in [0, 0.05) is 11.6 Å². The Labute approximate surface area is 133 Å². The van der Waals surface area contributed by atoms with Crippen LogP contribution in [0.15, 0.2) is 12.1 Å². The second-order valence-corrected chi connectivity index (χ2v) is 6.26. The van der Waals surface area contributed by atoms with Gasteiger partial charge in [0.25, 0.3) is 0 Å². The zero-order valence-electron chi connectivity index (χ0n) is 12.6. The zero-order valence-corrected chi connectivity index (χ0v) is 13.5. The van der Waals surface area contributed by atoms with Crippen LogP contribution in [0.1, 0.15) is 49.7 Å². The van der Waals surface area contributed by atoms with E-state index in [0.29, 0.717) is 12.7 Å². The number of rotatable bonds is 2. The topological polar surface area (TPSA) is 21.7 Å². The van der Waals surface area contributed by atoms with Crippen molar-refractivity contribution in [3.63, 3.8) is 0 Å². The van der Waals surface area contributed by atoms with E-state index in [9.17, 15) is 0 Å². The first-order chi connectivity index (χ1) is 9.88. The summed E-state index contributed by atoms with van der Waals surface area (Å²) < 4.78 is 11.2. The molecule has 2 aliphatic heterocycles. The van der Waals surface area contributed by atoms with Crippen LogP contribution in [-0.4, -0.2) is 30.8 Å². The molecule has 1 fully saturated rings. The summed E-state index contributed by atoms with van der Waals surface area (Å²) in [7, 11) is 0. The molecule has 0 unspecified atom stereocenters. The predicted molar refractivity (Wildman–Crippen MR) is 85.8 cm³/mol. The largest absolute Gasteiger partial charge is 0.454 e. The van der Waals surface area contributed by atoms with E-state index < -0.39 is 0 Å². The Kier molecular flexibility index (Phi) is 4.32. The van der Waals surface area contributed by atoms with E-state index in [1.54, 1.807) is 0 Å². The molecule has 0 spiro atoms. The first kappa shape index (κ1) is 15.0. The van der Waals surface area contributed by atoms with Crippen molar-refractivity contribution >= 4 is 12.4 Å². The van der Waals surface area contributed by atoms with Gasteiger partial charge in [-0.3, -0.25) is 4.90 Å². The van der Waals surface area contributed by atoms with E-state index >= 15 is 0 Å². The fourth-order valence-electron chi connectivity index (χ4n) is 4.38. The van der Waals surface area contributed by atoms with Gasteiger partial charge in [-0.2, -0.15) is 0 Å². The summed E-state index contributed by atoms with van der Waals surface area (Å²) in [6.45, 7) is 5.22. The highest BCUT2D eigenvalue weighted by molar-refractivity contribution is 5.85. The van der Waals surface area contributed by atoms with Gasteiger partial charge in [-0.05, 0) is 62.7 Å². The monoisotopic (exact) mass is 309 g/mol. The Morgan fingerprint density at radius 1 is 1.24 bits per heavy atom. The fourth-order valence-corrected chi connectivity index (χ4v) is 4.38. The van der Waals surface area contributed by atoms with Crippen LogP contribution >= 0.6 is 12.4 Å². The molecular weight excluding hydrogens is 286 g/mol. The highest BCUT2D eigenvalue weighted by Crippen LogP contribution is 2.47. The van der Waals surface area contributed by atoms with Crippen molar-refractivity contribution in [2.45, 2.75) is 51.0 Å². The molecule has 2 atom stereocenters. The van der Waals surface area contributed by atoms with E-state index in [1.807, 2.05) is 0 Å². The van der Waals surface area contributed by atoms with Crippen molar-refractivity contribution in [1.29, 1.82) is 0 Å². The molecule has 1 saturated heterocycles. The Balaban J connectivity index is 0.00000132. The number of piperidine rings is 1. The molecule has 0 N–H and O–H groups in total. The molecule has 0 aromatic heterocycles. The van der Waals surface area contributed by atoms with Crippen molar-refractivity contribution in [1.82, 2.24) is 4.90 Å². The van der Waals surface area contributed by atoms with Gasteiger partial charge in [-0.25, -0.2) is 0 Å². The van der Waals surface area contributed by atoms with E-state index in [1.165, 1.54) is 49.9 Å². The number of hydrogen-bond donors (Lipinski definition) is 0. The second kappa shape index (κ2) is 6.05. The standard InChI is InChI=1S/C17H23NO2.ClH/c1-2-9-18-10-3-4-13-12-6-8-16-17(20-11-19-16)14(12)5-7-15(13)18;/h6,8,13,15H,2-5,7,9-11H2,1H3;1H/t13-,15-;/m1./s1. The Morgan fingerprint density at radius 2 is 2.14 bits per heavy atom. The smallest absolute Gasteiger partial charge is 0.231 e. The third kappa shape index (κ3) is 2.40. The predicted octanol–water partition coefficient (Wildman–Crippen LogP) is 3.74. The van der Waals surface area contributed by atoms with Gasteiger partial charge < -0.3 is 9.47 Å². The number of nitrogens with zero attached hydrogens (tertiary/aromatic N) is 1. The van der Waals surface area contributed by atoms with E-state index in [-0.39, 0.29) is 12.4 Å². The molecule has 0 saturated carbocycles. The summed E-state index contributed by atoms with van der Waals surface area (Å²) in [5, 5.41) is 0. The SMILES string of the molecule is CCCN1CCC[C@@H]2c3ccc4c(c3CC[C@H]21)OCO4.Cl. The number of ether oxygens (including phenoxy) is 2. The highest BCUT2D eigenvalue weighted by Gasteiger charge is 2.38. The maximum atomic E-state index is 5.72. The third-order valence-corrected chi connectivity index (χ3v) is 5.17. The van der Waals surface area contributed by atoms with E-state index in [4.69, 9.17) is 9.47 Å². The van der Waals surface area contributed by atoms with Crippen LogP contribution in [0.2, 0.25) is 0 Å². The van der Waals surface area contributed by atoms with Crippen molar-refractivity contribution in [2.24, 2.45) is 0 Å². The molecule has 1 aliphatic carbocycles. The van der Waals surface area contributed by atoms with Gasteiger partial charge >= 0.3 is 0 Å². The average molecular weight is 310 g/mol. The third-order valence-electron chi connectivity index (χ3n) is 5.17. The lowest BCUT2D eigenvalue weighted by atomic mass is 9.74. The minimum atomic E-state index is 0. The lowest BCUT2D eigenvalue weighted by Crippen LogP contribution is -2.46. The Hall–Kier alpha value is -0.930. The molecule has 1 aromatic rings. The Bertz CT molecular complexity index is 518. The number of halogens is 1. The van der Waals surface area contributed by atoms with Gasteiger partial charge in [0.1, 0.15) is 0 Å². The highest BCUT2D eigenvalue weighted by atomic mass is 35.5. The van der Waals surface area contributed by atoms with E-state index in [0.717, 1.165) is 24.0 Å². The number of likely N-dealkylation sites (tertiary alicyclic amines) is 1. The van der Waals surface area contributed by atoms with Crippen molar-refractivity contribution in [3.05, 3.63) is 23.3 Å². The van der Waals surface area contributed by atoms with Crippen molar-refractivity contribution in [2.75, 3.05) is 19.9 Å². The summed E-state index contributed by atoms with van der Waals surface area (Å²) in [6, 6.07) is 5.16. The minimum Gasteiger partial charge on any atom is -0.454 e. The zero-order chi connectivity index (χ0) is 13.5. The quantitative estimate of drug-likeness (QED) is 0.830. The first-order valence-electron chi connectivity index (χ1n) is 8.04. The molecule has 116 valence electrons. The molecule has 0 radical (unpaired) electrons. The lowest BCUT2D eigenvalue weighted by molar-refractivity contribution is 0.112. The van der Waals surface area contributed by atoms with Gasteiger partial charge in [0.2, 0.25) is 6.79 Å². The van der Waals surface area contributed by atoms with Crippen molar-refractivity contribution < 1.29 is 9.47 Å². The van der Waals surface area contributed by atoms with Crippen LogP contribution in [0.4, 0.5) is 0 Å². The molecule has 0 amide bonds. The lowest BCUT2D eigenvalue weighted by Gasteiger charge is -2.45. The summed E-state index contributed by atoms with van der Waals surface area (Å²) >= 11 is 0. The molecule has 3 nitrogen and oxygen atoms in total. The summed E-state index contributed by atoms with van der Waals surface area (Å²) in [5.41, 5.74) is 2.96. The van der Waals surface area contributed by atoms with Gasteiger partial charge in [0.15, 0.2) is 11.5 Å². The summed E-state index contributed by atoms with van der Waals surface area (Å²) in [5.74, 6) is 2.69. The van der Waals surface area contributed by atoms with Crippen LogP contribution in [0.25, 0.3) is 0 Å². The molecule has 4 heteroatoms. The maximum absolute atomic E-state index is 5.72. The number of hydrogen-bond acceptors (Lipinski definition) is 3. The first-order valence-corrected chi connectivity index (χ1v) is 8.04. The van der Waals surface area contributed by atoms with Crippen LogP contribution in [-0.2, 0) is 6.42 Å². The molecule has 3 aliphatic rings. The molecule has 0 bridgehead atoms. The summed E-state index contributed by atoms with van der Waals surface area (Å²) in [6.07, 6.45) is 6.34. The maximum Gasteiger partial charge on any atom is 0.231 e. The van der Waals surface area contributed by atoms with Gasteiger partial charge in [-0.1, -0.05) is 13.0 Å².